The van der Waals surface area contributed by atoms with E-state index < -0.39 is 0 Å². The molecule has 2 aromatic rings. The van der Waals surface area contributed by atoms with Gasteiger partial charge in [-0.1, -0.05) is 24.9 Å². The minimum absolute atomic E-state index is 0.293. The van der Waals surface area contributed by atoms with Crippen LogP contribution < -0.4 is 0 Å². The van der Waals surface area contributed by atoms with Crippen LogP contribution in [0.1, 0.15) is 43.0 Å². The van der Waals surface area contributed by atoms with Gasteiger partial charge in [0.25, 0.3) is 0 Å². The number of carbonyl (C=O) groups is 1. The number of aromatic amines is 1. The van der Waals surface area contributed by atoms with Crippen molar-refractivity contribution in [3.05, 3.63) is 35.0 Å². The number of nitrogens with one attached hydrogen (secondary N) is 1. The van der Waals surface area contributed by atoms with E-state index in [1.54, 1.807) is 6.07 Å². The first kappa shape index (κ1) is 17.3. The second-order valence-electron chi connectivity index (χ2n) is 6.63. The minimum Gasteiger partial charge on any atom is -0.462 e. The molecule has 2 heterocycles. The Hall–Kier alpha value is -1.52. The first-order valence-electron chi connectivity index (χ1n) is 8.83. The van der Waals surface area contributed by atoms with Gasteiger partial charge in [-0.25, -0.2) is 4.79 Å². The van der Waals surface area contributed by atoms with Gasteiger partial charge in [0.15, 0.2) is 0 Å². The normalized spacial score (nSPS) is 16.6. The maximum atomic E-state index is 12.4. The molecule has 5 heteroatoms. The smallest absolute Gasteiger partial charge is 0.340 e. The van der Waals surface area contributed by atoms with Crippen molar-refractivity contribution in [2.45, 2.75) is 32.6 Å². The summed E-state index contributed by atoms with van der Waals surface area (Å²) >= 11 is 6.10. The van der Waals surface area contributed by atoms with Gasteiger partial charge >= 0.3 is 5.97 Å². The average Bonchev–Trinajstić information content (AvgIpc) is 3.06. The fourth-order valence-corrected chi connectivity index (χ4v) is 3.55. The van der Waals surface area contributed by atoms with Crippen LogP contribution >= 0.6 is 11.6 Å². The number of nitrogens with zero attached hydrogens (tertiary/aromatic N) is 1. The van der Waals surface area contributed by atoms with Gasteiger partial charge in [-0.3, -0.25) is 0 Å². The first-order valence-corrected chi connectivity index (χ1v) is 9.21. The number of rotatable bonds is 6. The van der Waals surface area contributed by atoms with Crippen molar-refractivity contribution in [2.75, 3.05) is 26.2 Å². The van der Waals surface area contributed by atoms with E-state index in [1.807, 2.05) is 18.3 Å². The topological polar surface area (TPSA) is 45.3 Å². The molecule has 0 radical (unpaired) electrons. The monoisotopic (exact) mass is 348 g/mol. The van der Waals surface area contributed by atoms with Crippen LogP contribution in [-0.4, -0.2) is 42.1 Å². The number of benzene rings is 1. The minimum atomic E-state index is -0.293. The average molecular weight is 349 g/mol. The Morgan fingerprint density at radius 2 is 2.17 bits per heavy atom. The Morgan fingerprint density at radius 1 is 1.38 bits per heavy atom. The van der Waals surface area contributed by atoms with Gasteiger partial charge in [-0.05, 0) is 63.0 Å². The maximum absolute atomic E-state index is 12.4. The number of hydrogen-bond donors (Lipinski definition) is 1. The van der Waals surface area contributed by atoms with Gasteiger partial charge in [0.1, 0.15) is 0 Å². The van der Waals surface area contributed by atoms with Gasteiger partial charge in [-0.2, -0.15) is 0 Å². The number of esters is 1. The number of aromatic nitrogens is 1. The summed E-state index contributed by atoms with van der Waals surface area (Å²) in [5, 5.41) is 1.48. The van der Waals surface area contributed by atoms with E-state index in [-0.39, 0.29) is 5.97 Å². The molecule has 0 spiro atoms. The molecule has 0 unspecified atom stereocenters. The van der Waals surface area contributed by atoms with E-state index in [4.69, 9.17) is 16.3 Å². The van der Waals surface area contributed by atoms with E-state index in [0.29, 0.717) is 23.1 Å². The van der Waals surface area contributed by atoms with Gasteiger partial charge in [0.05, 0.1) is 17.7 Å². The lowest BCUT2D eigenvalue weighted by Crippen LogP contribution is -2.36. The summed E-state index contributed by atoms with van der Waals surface area (Å²) in [5.41, 5.74) is 1.31. The molecule has 24 heavy (non-hydrogen) atoms. The molecular weight excluding hydrogens is 324 g/mol. The van der Waals surface area contributed by atoms with Crippen LogP contribution in [0.3, 0.4) is 0 Å². The Balaban J connectivity index is 1.53. The van der Waals surface area contributed by atoms with Gasteiger partial charge in [0.2, 0.25) is 0 Å². The van der Waals surface area contributed by atoms with Crippen LogP contribution in [0.15, 0.2) is 24.4 Å². The van der Waals surface area contributed by atoms with Crippen molar-refractivity contribution < 1.29 is 9.53 Å². The molecule has 3 rings (SSSR count). The third-order valence-electron chi connectivity index (χ3n) is 4.83. The molecule has 0 aliphatic carbocycles. The van der Waals surface area contributed by atoms with E-state index >= 15 is 0 Å². The summed E-state index contributed by atoms with van der Waals surface area (Å²) in [5.74, 6) is 0.170. The standard InChI is InChI=1S/C19H25ClN2O2/c1-2-3-8-22-9-5-14(6-10-22)13-24-19(23)17-12-16(20)11-15-4-7-21-18(15)17/h4,7,11-12,14,21H,2-3,5-6,8-10,13H2,1H3. The largest absolute Gasteiger partial charge is 0.462 e. The van der Waals surface area contributed by atoms with Gasteiger partial charge in [0, 0.05) is 16.6 Å². The highest BCUT2D eigenvalue weighted by molar-refractivity contribution is 6.32. The van der Waals surface area contributed by atoms with Crippen LogP contribution in [0.5, 0.6) is 0 Å². The molecule has 1 aromatic carbocycles. The summed E-state index contributed by atoms with van der Waals surface area (Å²) < 4.78 is 5.58. The number of halogens is 1. The number of fused-ring (bicyclic) bond motifs is 1. The van der Waals surface area contributed by atoms with Crippen molar-refractivity contribution in [1.29, 1.82) is 0 Å². The van der Waals surface area contributed by atoms with Crippen LogP contribution in [0, 0.1) is 5.92 Å². The number of likely N-dealkylation sites (tertiary alicyclic amines) is 1. The number of hydrogen-bond acceptors (Lipinski definition) is 3. The van der Waals surface area contributed by atoms with Crippen molar-refractivity contribution >= 4 is 28.5 Å². The highest BCUT2D eigenvalue weighted by atomic mass is 35.5. The predicted octanol–water partition coefficient (Wildman–Crippen LogP) is 4.49. The number of H-pyrrole nitrogens is 1. The molecule has 1 saturated heterocycles. The second-order valence-corrected chi connectivity index (χ2v) is 7.07. The maximum Gasteiger partial charge on any atom is 0.340 e. The summed E-state index contributed by atoms with van der Waals surface area (Å²) in [6.07, 6.45) is 6.52. The predicted molar refractivity (Wildman–Crippen MR) is 97.7 cm³/mol. The molecule has 4 nitrogen and oxygen atoms in total. The quantitative estimate of drug-likeness (QED) is 0.782. The first-order chi connectivity index (χ1) is 11.7. The van der Waals surface area contributed by atoms with Crippen LogP contribution in [0.25, 0.3) is 10.9 Å². The molecule has 0 saturated carbocycles. The molecule has 1 N–H and O–H groups in total. The highest BCUT2D eigenvalue weighted by Gasteiger charge is 2.21. The third-order valence-corrected chi connectivity index (χ3v) is 5.05. The molecule has 1 aliphatic heterocycles. The molecule has 0 atom stereocenters. The zero-order valence-electron chi connectivity index (χ0n) is 14.2. The number of unbranched alkanes of at least 4 members (excludes halogenated alkanes) is 1. The molecule has 1 fully saturated rings. The Labute approximate surface area is 148 Å². The van der Waals surface area contributed by atoms with Crippen LogP contribution in [0.4, 0.5) is 0 Å². The third kappa shape index (κ3) is 4.11. The summed E-state index contributed by atoms with van der Waals surface area (Å²) in [6.45, 7) is 6.13. The van der Waals surface area contributed by atoms with Gasteiger partial charge in [-0.15, -0.1) is 0 Å². The number of ether oxygens (including phenoxy) is 1. The van der Waals surface area contributed by atoms with Gasteiger partial charge < -0.3 is 14.6 Å². The Morgan fingerprint density at radius 3 is 2.92 bits per heavy atom. The van der Waals surface area contributed by atoms with Crippen molar-refractivity contribution in [1.82, 2.24) is 9.88 Å². The fourth-order valence-electron chi connectivity index (χ4n) is 3.33. The molecular formula is C19H25ClN2O2. The van der Waals surface area contributed by atoms with E-state index in [0.717, 1.165) is 36.8 Å². The lowest BCUT2D eigenvalue weighted by Gasteiger charge is -2.31. The summed E-state index contributed by atoms with van der Waals surface area (Å²) in [7, 11) is 0. The van der Waals surface area contributed by atoms with E-state index in [9.17, 15) is 4.79 Å². The molecule has 1 aliphatic rings. The zero-order valence-corrected chi connectivity index (χ0v) is 14.9. The van der Waals surface area contributed by atoms with Crippen molar-refractivity contribution in [3.8, 4) is 0 Å². The van der Waals surface area contributed by atoms with Crippen molar-refractivity contribution in [3.63, 3.8) is 0 Å². The second kappa shape index (κ2) is 8.04. The SMILES string of the molecule is CCCCN1CCC(COC(=O)c2cc(Cl)cc3cc[nH]c23)CC1. The van der Waals surface area contributed by atoms with E-state index in [1.165, 1.54) is 19.4 Å². The summed E-state index contributed by atoms with van der Waals surface area (Å²) in [4.78, 5) is 18.1. The molecule has 0 amide bonds. The summed E-state index contributed by atoms with van der Waals surface area (Å²) in [6, 6.07) is 5.43. The number of carbonyl (C=O) groups excluding carboxylic acids is 1. The highest BCUT2D eigenvalue weighted by Crippen LogP contribution is 2.24. The zero-order chi connectivity index (χ0) is 16.9. The van der Waals surface area contributed by atoms with Crippen molar-refractivity contribution in [2.24, 2.45) is 5.92 Å². The Bertz CT molecular complexity index is 690. The lowest BCUT2D eigenvalue weighted by atomic mass is 9.97. The number of piperidine rings is 1. The molecule has 130 valence electrons. The Kier molecular flexibility index (Phi) is 5.80. The fraction of sp³-hybridized carbons (Fsp3) is 0.526. The van der Waals surface area contributed by atoms with Crippen LogP contribution in [-0.2, 0) is 4.74 Å². The van der Waals surface area contributed by atoms with E-state index in [2.05, 4.69) is 16.8 Å². The van der Waals surface area contributed by atoms with Crippen LogP contribution in [0.2, 0.25) is 5.02 Å². The lowest BCUT2D eigenvalue weighted by molar-refractivity contribution is 0.0374. The molecule has 1 aromatic heterocycles. The molecule has 0 bridgehead atoms.